The van der Waals surface area contributed by atoms with E-state index in [1.807, 2.05) is 12.1 Å². The van der Waals surface area contributed by atoms with E-state index in [0.29, 0.717) is 12.5 Å². The molecule has 3 heterocycles. The summed E-state index contributed by atoms with van der Waals surface area (Å²) in [5.41, 5.74) is 4.81. The van der Waals surface area contributed by atoms with Crippen molar-refractivity contribution < 1.29 is 4.74 Å². The van der Waals surface area contributed by atoms with Gasteiger partial charge in [0.2, 0.25) is 5.88 Å². The Hall–Kier alpha value is -2.55. The molecule has 0 unspecified atom stereocenters. The van der Waals surface area contributed by atoms with Crippen LogP contribution in [0, 0.1) is 5.92 Å². The third-order valence-electron chi connectivity index (χ3n) is 5.71. The van der Waals surface area contributed by atoms with Gasteiger partial charge in [0.1, 0.15) is 0 Å². The Bertz CT molecular complexity index is 947. The lowest BCUT2D eigenvalue weighted by Crippen LogP contribution is -2.46. The number of aromatic nitrogens is 1. The lowest BCUT2D eigenvalue weighted by atomic mass is 9.65. The summed E-state index contributed by atoms with van der Waals surface area (Å²) >= 11 is 0. The number of para-hydroxylation sites is 2. The number of benzene rings is 2. The van der Waals surface area contributed by atoms with Gasteiger partial charge in [0, 0.05) is 28.0 Å². The molecule has 3 nitrogen and oxygen atoms in total. The van der Waals surface area contributed by atoms with E-state index in [4.69, 9.17) is 9.72 Å². The minimum atomic E-state index is 0.0514. The third-order valence-corrected chi connectivity index (χ3v) is 5.71. The number of pyridine rings is 1. The van der Waals surface area contributed by atoms with Crippen LogP contribution in [0.1, 0.15) is 31.0 Å². The summed E-state index contributed by atoms with van der Waals surface area (Å²) in [5, 5.41) is 4.92. The second-order valence-corrected chi connectivity index (χ2v) is 7.38. The van der Waals surface area contributed by atoms with Crippen molar-refractivity contribution in [3.63, 3.8) is 0 Å². The molecule has 1 aromatic heterocycles. The van der Waals surface area contributed by atoms with Crippen LogP contribution in [0.5, 0.6) is 5.88 Å². The SMILES string of the molecule is CC1(C)c2ccccc2N[C@@H]2c3cc4ccccc4nc3OC[C@H]21. The highest BCUT2D eigenvalue weighted by Crippen LogP contribution is 2.51. The fourth-order valence-corrected chi connectivity index (χ4v) is 4.28. The van der Waals surface area contributed by atoms with Crippen molar-refractivity contribution in [2.24, 2.45) is 5.92 Å². The van der Waals surface area contributed by atoms with Crippen molar-refractivity contribution in [2.75, 3.05) is 11.9 Å². The lowest BCUT2D eigenvalue weighted by molar-refractivity contribution is 0.131. The Labute approximate surface area is 141 Å². The zero-order chi connectivity index (χ0) is 16.3. The fourth-order valence-electron chi connectivity index (χ4n) is 4.28. The van der Waals surface area contributed by atoms with Gasteiger partial charge >= 0.3 is 0 Å². The molecule has 1 N–H and O–H groups in total. The number of nitrogens with zero attached hydrogens (tertiary/aromatic N) is 1. The van der Waals surface area contributed by atoms with E-state index in [1.165, 1.54) is 22.2 Å². The van der Waals surface area contributed by atoms with Gasteiger partial charge in [-0.15, -0.1) is 0 Å². The Kier molecular flexibility index (Phi) is 2.73. The van der Waals surface area contributed by atoms with Crippen LogP contribution >= 0.6 is 0 Å². The Morgan fingerprint density at radius 1 is 1.08 bits per heavy atom. The molecule has 2 aromatic carbocycles. The number of fused-ring (bicyclic) bond motifs is 5. The molecule has 24 heavy (non-hydrogen) atoms. The molecule has 0 aliphatic carbocycles. The van der Waals surface area contributed by atoms with Gasteiger partial charge in [0.25, 0.3) is 0 Å². The monoisotopic (exact) mass is 316 g/mol. The summed E-state index contributed by atoms with van der Waals surface area (Å²) in [5.74, 6) is 1.15. The minimum Gasteiger partial charge on any atom is -0.477 e. The van der Waals surface area contributed by atoms with E-state index in [1.54, 1.807) is 0 Å². The molecule has 0 bridgehead atoms. The largest absolute Gasteiger partial charge is 0.477 e. The number of hydrogen-bond donors (Lipinski definition) is 1. The molecular formula is C21H20N2O. The van der Waals surface area contributed by atoms with Gasteiger partial charge in [-0.3, -0.25) is 0 Å². The summed E-state index contributed by atoms with van der Waals surface area (Å²) in [4.78, 5) is 4.75. The molecule has 2 aliphatic rings. The first kappa shape index (κ1) is 13.8. The summed E-state index contributed by atoms with van der Waals surface area (Å²) in [7, 11) is 0. The first-order valence-corrected chi connectivity index (χ1v) is 8.53. The maximum absolute atomic E-state index is 6.10. The normalized spacial score (nSPS) is 23.4. The van der Waals surface area contributed by atoms with Gasteiger partial charge in [-0.25, -0.2) is 4.98 Å². The molecule has 0 fully saturated rings. The average Bonchev–Trinajstić information content (AvgIpc) is 2.60. The molecule has 0 radical (unpaired) electrons. The highest BCUT2D eigenvalue weighted by atomic mass is 16.5. The molecule has 0 amide bonds. The number of rotatable bonds is 0. The van der Waals surface area contributed by atoms with Gasteiger partial charge in [0.05, 0.1) is 18.2 Å². The summed E-state index contributed by atoms with van der Waals surface area (Å²) in [6, 6.07) is 19.3. The Morgan fingerprint density at radius 3 is 2.79 bits per heavy atom. The van der Waals surface area contributed by atoms with Gasteiger partial charge in [0.15, 0.2) is 0 Å². The van der Waals surface area contributed by atoms with E-state index >= 15 is 0 Å². The highest BCUT2D eigenvalue weighted by molar-refractivity contribution is 5.80. The van der Waals surface area contributed by atoms with Gasteiger partial charge in [-0.2, -0.15) is 0 Å². The molecule has 0 saturated carbocycles. The maximum atomic E-state index is 6.10. The Balaban J connectivity index is 1.70. The molecule has 2 aliphatic heterocycles. The van der Waals surface area contributed by atoms with E-state index in [9.17, 15) is 0 Å². The maximum Gasteiger partial charge on any atom is 0.219 e. The number of nitrogens with one attached hydrogen (secondary N) is 1. The number of anilines is 1. The summed E-state index contributed by atoms with van der Waals surface area (Å²) in [6.07, 6.45) is 0. The number of ether oxygens (including phenoxy) is 1. The number of hydrogen-bond acceptors (Lipinski definition) is 3. The van der Waals surface area contributed by atoms with E-state index < -0.39 is 0 Å². The third kappa shape index (κ3) is 1.81. The summed E-state index contributed by atoms with van der Waals surface area (Å²) < 4.78 is 6.10. The van der Waals surface area contributed by atoms with Crippen LogP contribution < -0.4 is 10.1 Å². The van der Waals surface area contributed by atoms with Crippen LogP contribution in [-0.4, -0.2) is 11.6 Å². The molecule has 2 atom stereocenters. The summed E-state index contributed by atoms with van der Waals surface area (Å²) in [6.45, 7) is 5.34. The van der Waals surface area contributed by atoms with Crippen molar-refractivity contribution >= 4 is 16.6 Å². The van der Waals surface area contributed by atoms with E-state index in [0.717, 1.165) is 11.4 Å². The molecule has 5 rings (SSSR count). The second kappa shape index (κ2) is 4.73. The fraction of sp³-hybridized carbons (Fsp3) is 0.286. The van der Waals surface area contributed by atoms with Gasteiger partial charge in [-0.1, -0.05) is 50.2 Å². The van der Waals surface area contributed by atoms with Crippen LogP contribution in [0.4, 0.5) is 5.69 Å². The van der Waals surface area contributed by atoms with Crippen molar-refractivity contribution in [2.45, 2.75) is 25.3 Å². The van der Waals surface area contributed by atoms with Crippen molar-refractivity contribution in [3.8, 4) is 5.88 Å². The van der Waals surface area contributed by atoms with Crippen LogP contribution in [0.3, 0.4) is 0 Å². The van der Waals surface area contributed by atoms with Crippen LogP contribution in [0.2, 0.25) is 0 Å². The predicted molar refractivity (Wildman–Crippen MR) is 96.6 cm³/mol. The van der Waals surface area contributed by atoms with Crippen LogP contribution in [0.25, 0.3) is 10.9 Å². The van der Waals surface area contributed by atoms with Gasteiger partial charge in [-0.05, 0) is 23.8 Å². The van der Waals surface area contributed by atoms with Crippen molar-refractivity contribution in [1.82, 2.24) is 4.98 Å². The van der Waals surface area contributed by atoms with Gasteiger partial charge < -0.3 is 10.1 Å². The molecule has 3 aromatic rings. The minimum absolute atomic E-state index is 0.0514. The van der Waals surface area contributed by atoms with Crippen molar-refractivity contribution in [1.29, 1.82) is 0 Å². The molecule has 3 heteroatoms. The van der Waals surface area contributed by atoms with E-state index in [2.05, 4.69) is 61.6 Å². The first-order chi connectivity index (χ1) is 11.6. The van der Waals surface area contributed by atoms with Crippen molar-refractivity contribution in [3.05, 3.63) is 65.7 Å². The lowest BCUT2D eigenvalue weighted by Gasteiger charge is -2.48. The first-order valence-electron chi connectivity index (χ1n) is 8.53. The second-order valence-electron chi connectivity index (χ2n) is 7.38. The zero-order valence-electron chi connectivity index (χ0n) is 13.9. The standard InChI is InChI=1S/C21H20N2O/c1-21(2)15-8-4-6-10-18(15)22-19-14-11-13-7-3-5-9-17(13)23-20(14)24-12-16(19)21/h3-11,16,19,22H,12H2,1-2H3/t16-,19-/m1/s1. The quantitative estimate of drug-likeness (QED) is 0.653. The zero-order valence-corrected chi connectivity index (χ0v) is 13.9. The molecule has 0 saturated heterocycles. The molecule has 0 spiro atoms. The molecular weight excluding hydrogens is 296 g/mol. The van der Waals surface area contributed by atoms with E-state index in [-0.39, 0.29) is 11.5 Å². The Morgan fingerprint density at radius 2 is 1.88 bits per heavy atom. The average molecular weight is 316 g/mol. The van der Waals surface area contributed by atoms with Crippen LogP contribution in [0.15, 0.2) is 54.6 Å². The predicted octanol–water partition coefficient (Wildman–Crippen LogP) is 4.69. The van der Waals surface area contributed by atoms with Crippen LogP contribution in [-0.2, 0) is 5.41 Å². The highest BCUT2D eigenvalue weighted by Gasteiger charge is 2.46. The smallest absolute Gasteiger partial charge is 0.219 e. The topological polar surface area (TPSA) is 34.2 Å². The molecule has 120 valence electrons.